The van der Waals surface area contributed by atoms with Crippen LogP contribution in [-0.2, 0) is 4.79 Å². The van der Waals surface area contributed by atoms with Gasteiger partial charge in [0.25, 0.3) is 0 Å². The van der Waals surface area contributed by atoms with Gasteiger partial charge in [-0.1, -0.05) is 36.0 Å². The van der Waals surface area contributed by atoms with Crippen LogP contribution in [0.5, 0.6) is 0 Å². The van der Waals surface area contributed by atoms with Crippen LogP contribution >= 0.6 is 11.8 Å². The van der Waals surface area contributed by atoms with Gasteiger partial charge in [0.15, 0.2) is 0 Å². The zero-order chi connectivity index (χ0) is 13.9. The zero-order valence-electron chi connectivity index (χ0n) is 11.0. The van der Waals surface area contributed by atoms with E-state index < -0.39 is 5.97 Å². The molecule has 1 aliphatic rings. The van der Waals surface area contributed by atoms with Crippen molar-refractivity contribution >= 4 is 29.1 Å². The molecule has 0 saturated carbocycles. The first-order valence-corrected chi connectivity index (χ1v) is 7.42. The van der Waals surface area contributed by atoms with E-state index in [4.69, 9.17) is 5.11 Å². The molecule has 1 aliphatic heterocycles. The van der Waals surface area contributed by atoms with Crippen molar-refractivity contribution in [2.24, 2.45) is 0 Å². The Morgan fingerprint density at radius 1 is 1.00 bits per heavy atom. The van der Waals surface area contributed by atoms with Crippen LogP contribution in [0.15, 0.2) is 58.3 Å². The highest BCUT2D eigenvalue weighted by Gasteiger charge is 2.22. The number of fused-ring (bicyclic) bond motifs is 2. The minimum Gasteiger partial charge on any atom is -0.481 e. The number of para-hydroxylation sites is 2. The average Bonchev–Trinajstić information content (AvgIpc) is 2.46. The summed E-state index contributed by atoms with van der Waals surface area (Å²) in [4.78, 5) is 15.4. The largest absolute Gasteiger partial charge is 0.481 e. The third-order valence-corrected chi connectivity index (χ3v) is 4.43. The number of aliphatic carboxylic acids is 1. The highest BCUT2D eigenvalue weighted by atomic mass is 32.2. The number of anilines is 2. The molecule has 2 aromatic rings. The van der Waals surface area contributed by atoms with Gasteiger partial charge in [-0.2, -0.15) is 0 Å². The fourth-order valence-electron chi connectivity index (χ4n) is 2.41. The van der Waals surface area contributed by atoms with E-state index in [0.717, 1.165) is 6.54 Å². The maximum atomic E-state index is 10.7. The van der Waals surface area contributed by atoms with E-state index in [1.54, 1.807) is 11.8 Å². The van der Waals surface area contributed by atoms with Gasteiger partial charge in [0, 0.05) is 22.8 Å². The number of hydrogen-bond acceptors (Lipinski definition) is 3. The lowest BCUT2D eigenvalue weighted by Gasteiger charge is -2.32. The summed E-state index contributed by atoms with van der Waals surface area (Å²) >= 11 is 1.77. The summed E-state index contributed by atoms with van der Waals surface area (Å²) in [5.41, 5.74) is 2.34. The van der Waals surface area contributed by atoms with Crippen molar-refractivity contribution in [3.05, 3.63) is 48.5 Å². The molecular formula is C16H15NO2S. The maximum absolute atomic E-state index is 10.7. The van der Waals surface area contributed by atoms with Crippen molar-refractivity contribution in [3.8, 4) is 0 Å². The van der Waals surface area contributed by atoms with E-state index >= 15 is 0 Å². The van der Waals surface area contributed by atoms with E-state index in [1.165, 1.54) is 21.2 Å². The van der Waals surface area contributed by atoms with Crippen molar-refractivity contribution < 1.29 is 9.90 Å². The smallest absolute Gasteiger partial charge is 0.303 e. The topological polar surface area (TPSA) is 40.5 Å². The summed E-state index contributed by atoms with van der Waals surface area (Å²) in [6, 6.07) is 16.5. The summed E-state index contributed by atoms with van der Waals surface area (Å²) < 4.78 is 0. The third-order valence-electron chi connectivity index (χ3n) is 3.30. The van der Waals surface area contributed by atoms with Gasteiger partial charge < -0.3 is 10.0 Å². The van der Waals surface area contributed by atoms with E-state index in [2.05, 4.69) is 29.2 Å². The van der Waals surface area contributed by atoms with Crippen LogP contribution in [0.2, 0.25) is 0 Å². The lowest BCUT2D eigenvalue weighted by Crippen LogP contribution is -2.22. The Labute approximate surface area is 122 Å². The highest BCUT2D eigenvalue weighted by Crippen LogP contribution is 2.47. The van der Waals surface area contributed by atoms with Crippen molar-refractivity contribution in [1.29, 1.82) is 0 Å². The van der Waals surface area contributed by atoms with Crippen LogP contribution in [0.1, 0.15) is 12.8 Å². The molecule has 0 saturated heterocycles. The van der Waals surface area contributed by atoms with Crippen LogP contribution in [0.25, 0.3) is 0 Å². The monoisotopic (exact) mass is 285 g/mol. The Balaban J connectivity index is 1.93. The normalized spacial score (nSPS) is 12.7. The second kappa shape index (κ2) is 5.59. The molecule has 20 heavy (non-hydrogen) atoms. The average molecular weight is 285 g/mol. The third kappa shape index (κ3) is 2.51. The quantitative estimate of drug-likeness (QED) is 0.916. The number of carboxylic acids is 1. The molecular weight excluding hydrogens is 270 g/mol. The molecule has 3 rings (SSSR count). The molecule has 1 heterocycles. The minimum atomic E-state index is -0.738. The number of hydrogen-bond donors (Lipinski definition) is 1. The molecule has 2 aromatic carbocycles. The molecule has 3 nitrogen and oxygen atoms in total. The lowest BCUT2D eigenvalue weighted by molar-refractivity contribution is -0.137. The second-order valence-electron chi connectivity index (χ2n) is 4.69. The van der Waals surface area contributed by atoms with Gasteiger partial charge in [-0.25, -0.2) is 0 Å². The predicted molar refractivity (Wildman–Crippen MR) is 80.9 cm³/mol. The fourth-order valence-corrected chi connectivity index (χ4v) is 3.51. The van der Waals surface area contributed by atoms with Crippen LogP contribution in [-0.4, -0.2) is 17.6 Å². The number of rotatable bonds is 4. The van der Waals surface area contributed by atoms with Crippen LogP contribution < -0.4 is 4.90 Å². The molecule has 1 N–H and O–H groups in total. The molecule has 0 fully saturated rings. The van der Waals surface area contributed by atoms with Gasteiger partial charge in [0.2, 0.25) is 0 Å². The van der Waals surface area contributed by atoms with Crippen LogP contribution in [0.3, 0.4) is 0 Å². The Kier molecular flexibility index (Phi) is 3.65. The molecule has 4 heteroatoms. The Hall–Kier alpha value is -1.94. The molecule has 0 radical (unpaired) electrons. The van der Waals surface area contributed by atoms with Gasteiger partial charge in [-0.05, 0) is 30.7 Å². The number of carbonyl (C=O) groups is 1. The number of nitrogens with zero attached hydrogens (tertiary/aromatic N) is 1. The minimum absolute atomic E-state index is 0.202. The summed E-state index contributed by atoms with van der Waals surface area (Å²) in [5, 5.41) is 8.81. The van der Waals surface area contributed by atoms with Crippen LogP contribution in [0, 0.1) is 0 Å². The molecule has 0 aliphatic carbocycles. The standard InChI is InChI=1S/C16H15NO2S/c18-16(19)10-5-11-17-12-6-1-3-8-14(12)20-15-9-4-2-7-13(15)17/h1-4,6-9H,5,10-11H2,(H,18,19). The van der Waals surface area contributed by atoms with Crippen molar-refractivity contribution in [3.63, 3.8) is 0 Å². The molecule has 0 amide bonds. The van der Waals surface area contributed by atoms with Gasteiger partial charge in [0.05, 0.1) is 11.4 Å². The summed E-state index contributed by atoms with van der Waals surface area (Å²) in [5.74, 6) is -0.738. The van der Waals surface area contributed by atoms with Crippen molar-refractivity contribution in [2.45, 2.75) is 22.6 Å². The first kappa shape index (κ1) is 13.1. The fraction of sp³-hybridized carbons (Fsp3) is 0.188. The molecule has 0 spiro atoms. The molecule has 102 valence electrons. The van der Waals surface area contributed by atoms with Gasteiger partial charge in [0.1, 0.15) is 0 Å². The number of carboxylic acid groups (broad SMARTS) is 1. The Morgan fingerprint density at radius 2 is 1.55 bits per heavy atom. The lowest BCUT2D eigenvalue weighted by atomic mass is 10.2. The molecule has 0 bridgehead atoms. The highest BCUT2D eigenvalue weighted by molar-refractivity contribution is 7.99. The SMILES string of the molecule is O=C(O)CCCN1c2ccccc2Sc2ccccc21. The van der Waals surface area contributed by atoms with Gasteiger partial charge in [-0.3, -0.25) is 4.79 Å². The molecule has 0 unspecified atom stereocenters. The Bertz CT molecular complexity index is 596. The van der Waals surface area contributed by atoms with Crippen molar-refractivity contribution in [1.82, 2.24) is 0 Å². The Morgan fingerprint density at radius 3 is 2.10 bits per heavy atom. The van der Waals surface area contributed by atoms with E-state index in [0.29, 0.717) is 6.42 Å². The summed E-state index contributed by atoms with van der Waals surface area (Å²) in [6.07, 6.45) is 0.844. The maximum Gasteiger partial charge on any atom is 0.303 e. The van der Waals surface area contributed by atoms with Gasteiger partial charge in [-0.15, -0.1) is 0 Å². The second-order valence-corrected chi connectivity index (χ2v) is 5.77. The van der Waals surface area contributed by atoms with E-state index in [-0.39, 0.29) is 6.42 Å². The summed E-state index contributed by atoms with van der Waals surface area (Å²) in [7, 11) is 0. The zero-order valence-corrected chi connectivity index (χ0v) is 11.8. The molecule has 0 aromatic heterocycles. The molecule has 0 atom stereocenters. The first-order valence-electron chi connectivity index (χ1n) is 6.61. The van der Waals surface area contributed by atoms with Gasteiger partial charge >= 0.3 is 5.97 Å². The summed E-state index contributed by atoms with van der Waals surface area (Å²) in [6.45, 7) is 0.723. The van der Waals surface area contributed by atoms with E-state index in [1.807, 2.05) is 24.3 Å². The van der Waals surface area contributed by atoms with E-state index in [9.17, 15) is 4.79 Å². The van der Waals surface area contributed by atoms with Crippen LogP contribution in [0.4, 0.5) is 11.4 Å². The van der Waals surface area contributed by atoms with Crippen molar-refractivity contribution in [2.75, 3.05) is 11.4 Å². The predicted octanol–water partition coefficient (Wildman–Crippen LogP) is 4.15. The number of benzene rings is 2. The first-order chi connectivity index (χ1) is 9.75.